The number of nitrogens with zero attached hydrogens (tertiary/aromatic N) is 1. The van der Waals surface area contributed by atoms with Gasteiger partial charge in [-0.15, -0.1) is 0 Å². The lowest BCUT2D eigenvalue weighted by Crippen LogP contribution is -2.33. The van der Waals surface area contributed by atoms with Crippen LogP contribution in [-0.4, -0.2) is 51.4 Å². The number of rotatable bonds is 3. The van der Waals surface area contributed by atoms with Gasteiger partial charge in [-0.2, -0.15) is 5.06 Å². The standard InChI is InChI=1S/C8H15NO4.C4H5NO3/c1-8(2,3)13-7(12)9-5-4-6(10)11;6-3-1-2-4(7)5(3)8/h4-5H2,1-3H3,(H,9,12)(H,10,11);8H,1-2H2. The minimum atomic E-state index is -0.948. The maximum absolute atomic E-state index is 10.9. The molecule has 9 heteroatoms. The lowest BCUT2D eigenvalue weighted by molar-refractivity contribution is -0.171. The van der Waals surface area contributed by atoms with Crippen LogP contribution in [0.25, 0.3) is 0 Å². The van der Waals surface area contributed by atoms with E-state index in [1.54, 1.807) is 20.8 Å². The van der Waals surface area contributed by atoms with E-state index < -0.39 is 29.5 Å². The molecule has 1 aliphatic heterocycles. The number of carboxylic acids is 1. The summed E-state index contributed by atoms with van der Waals surface area (Å²) in [6.45, 7) is 5.31. The van der Waals surface area contributed by atoms with Crippen LogP contribution >= 0.6 is 0 Å². The van der Waals surface area contributed by atoms with Crippen LogP contribution < -0.4 is 5.32 Å². The highest BCUT2D eigenvalue weighted by atomic mass is 16.6. The van der Waals surface area contributed by atoms with Crippen molar-refractivity contribution in [2.24, 2.45) is 0 Å². The van der Waals surface area contributed by atoms with Crippen LogP contribution in [0.5, 0.6) is 0 Å². The number of hydrogen-bond acceptors (Lipinski definition) is 6. The highest BCUT2D eigenvalue weighted by molar-refractivity contribution is 6.00. The molecule has 1 rings (SSSR count). The molecule has 0 spiro atoms. The summed E-state index contributed by atoms with van der Waals surface area (Å²) in [7, 11) is 0. The molecule has 3 amide bonds. The van der Waals surface area contributed by atoms with Crippen molar-refractivity contribution in [3.05, 3.63) is 0 Å². The Morgan fingerprint density at radius 3 is 2.00 bits per heavy atom. The van der Waals surface area contributed by atoms with E-state index >= 15 is 0 Å². The van der Waals surface area contributed by atoms with Crippen molar-refractivity contribution >= 4 is 23.9 Å². The second-order valence-electron chi connectivity index (χ2n) is 5.17. The number of nitrogens with one attached hydrogen (secondary N) is 1. The van der Waals surface area contributed by atoms with E-state index in [-0.39, 0.29) is 30.9 Å². The summed E-state index contributed by atoms with van der Waals surface area (Å²) in [5.74, 6) is -1.96. The maximum atomic E-state index is 10.9. The highest BCUT2D eigenvalue weighted by Crippen LogP contribution is 2.07. The summed E-state index contributed by atoms with van der Waals surface area (Å²) in [4.78, 5) is 41.5. The lowest BCUT2D eigenvalue weighted by Gasteiger charge is -2.19. The molecule has 9 nitrogen and oxygen atoms in total. The minimum absolute atomic E-state index is 0.0875. The number of carbonyl (C=O) groups is 4. The van der Waals surface area contributed by atoms with Gasteiger partial charge in [-0.05, 0) is 20.8 Å². The number of alkyl carbamates (subject to hydrolysis) is 1. The zero-order valence-corrected chi connectivity index (χ0v) is 12.2. The SMILES string of the molecule is CC(C)(C)OC(=O)NCCC(=O)O.O=C1CCC(=O)N1O. The Labute approximate surface area is 121 Å². The third-order valence-corrected chi connectivity index (χ3v) is 2.03. The van der Waals surface area contributed by atoms with Gasteiger partial charge in [-0.1, -0.05) is 0 Å². The number of carbonyl (C=O) groups excluding carboxylic acids is 3. The molecule has 0 aromatic heterocycles. The molecular weight excluding hydrogens is 284 g/mol. The first-order chi connectivity index (χ1) is 9.53. The Kier molecular flexibility index (Phi) is 7.36. The summed E-state index contributed by atoms with van der Waals surface area (Å²) >= 11 is 0. The normalized spacial score (nSPS) is 14.4. The monoisotopic (exact) mass is 304 g/mol. The fourth-order valence-electron chi connectivity index (χ4n) is 1.15. The third-order valence-electron chi connectivity index (χ3n) is 2.03. The van der Waals surface area contributed by atoms with Gasteiger partial charge >= 0.3 is 12.1 Å². The van der Waals surface area contributed by atoms with Crippen LogP contribution in [-0.2, 0) is 19.1 Å². The summed E-state index contributed by atoms with van der Waals surface area (Å²) in [5.41, 5.74) is -0.548. The maximum Gasteiger partial charge on any atom is 0.407 e. The van der Waals surface area contributed by atoms with Gasteiger partial charge in [0.05, 0.1) is 6.42 Å². The molecule has 120 valence electrons. The van der Waals surface area contributed by atoms with Gasteiger partial charge in [0.1, 0.15) is 5.60 Å². The quantitative estimate of drug-likeness (QED) is 0.511. The van der Waals surface area contributed by atoms with Gasteiger partial charge in [0, 0.05) is 19.4 Å². The number of ether oxygens (including phenoxy) is 1. The molecule has 0 aliphatic carbocycles. The number of hydroxylamine groups is 2. The molecule has 0 radical (unpaired) electrons. The fourth-order valence-corrected chi connectivity index (χ4v) is 1.15. The van der Waals surface area contributed by atoms with Crippen molar-refractivity contribution in [2.75, 3.05) is 6.54 Å². The van der Waals surface area contributed by atoms with E-state index in [2.05, 4.69) is 5.32 Å². The van der Waals surface area contributed by atoms with E-state index in [9.17, 15) is 19.2 Å². The average Bonchev–Trinajstić information content (AvgIpc) is 2.58. The van der Waals surface area contributed by atoms with Crippen LogP contribution in [0.4, 0.5) is 4.79 Å². The fraction of sp³-hybridized carbons (Fsp3) is 0.667. The summed E-state index contributed by atoms with van der Waals surface area (Å²) in [5, 5.41) is 19.2. The number of amides is 3. The molecule has 0 aromatic rings. The first-order valence-corrected chi connectivity index (χ1v) is 6.26. The molecule has 0 aromatic carbocycles. The summed E-state index contributed by atoms with van der Waals surface area (Å²) in [6, 6.07) is 0. The molecule has 1 heterocycles. The van der Waals surface area contributed by atoms with Gasteiger partial charge in [0.25, 0.3) is 11.8 Å². The van der Waals surface area contributed by atoms with E-state index in [0.29, 0.717) is 0 Å². The van der Waals surface area contributed by atoms with Gasteiger partial charge in [-0.25, -0.2) is 4.79 Å². The van der Waals surface area contributed by atoms with Gasteiger partial charge in [0.2, 0.25) is 0 Å². The molecule has 0 unspecified atom stereocenters. The van der Waals surface area contributed by atoms with Crippen molar-refractivity contribution in [1.29, 1.82) is 0 Å². The van der Waals surface area contributed by atoms with Crippen molar-refractivity contribution in [3.8, 4) is 0 Å². The number of imide groups is 1. The molecule has 0 saturated carbocycles. The number of aliphatic carboxylic acids is 1. The van der Waals surface area contributed by atoms with Crippen molar-refractivity contribution in [3.63, 3.8) is 0 Å². The van der Waals surface area contributed by atoms with Gasteiger partial charge in [-0.3, -0.25) is 19.6 Å². The molecule has 1 saturated heterocycles. The third kappa shape index (κ3) is 9.38. The van der Waals surface area contributed by atoms with E-state index in [1.807, 2.05) is 0 Å². The summed E-state index contributed by atoms with van der Waals surface area (Å²) < 4.78 is 4.88. The van der Waals surface area contributed by atoms with Crippen LogP contribution in [0.2, 0.25) is 0 Å². The predicted molar refractivity (Wildman–Crippen MR) is 69.4 cm³/mol. The second-order valence-corrected chi connectivity index (χ2v) is 5.17. The lowest BCUT2D eigenvalue weighted by atomic mass is 10.2. The highest BCUT2D eigenvalue weighted by Gasteiger charge is 2.26. The Hall–Kier alpha value is -2.16. The van der Waals surface area contributed by atoms with E-state index in [1.165, 1.54) is 0 Å². The zero-order valence-electron chi connectivity index (χ0n) is 12.2. The summed E-state index contributed by atoms with van der Waals surface area (Å²) in [6.07, 6.45) is -0.391. The van der Waals surface area contributed by atoms with Crippen molar-refractivity contribution < 1.29 is 34.2 Å². The van der Waals surface area contributed by atoms with Crippen LogP contribution in [0, 0.1) is 0 Å². The van der Waals surface area contributed by atoms with Crippen LogP contribution in [0.1, 0.15) is 40.0 Å². The zero-order chi connectivity index (χ0) is 16.6. The molecule has 1 fully saturated rings. The second kappa shape index (κ2) is 8.20. The largest absolute Gasteiger partial charge is 0.481 e. The first-order valence-electron chi connectivity index (χ1n) is 6.26. The topological polar surface area (TPSA) is 133 Å². The number of carboxylic acid groups (broad SMARTS) is 1. The molecule has 0 atom stereocenters. The average molecular weight is 304 g/mol. The molecular formula is C12H20N2O7. The van der Waals surface area contributed by atoms with E-state index in [4.69, 9.17) is 15.1 Å². The first kappa shape index (κ1) is 18.8. The smallest absolute Gasteiger partial charge is 0.407 e. The van der Waals surface area contributed by atoms with Crippen molar-refractivity contribution in [1.82, 2.24) is 10.4 Å². The van der Waals surface area contributed by atoms with E-state index in [0.717, 1.165) is 0 Å². The van der Waals surface area contributed by atoms with Crippen LogP contribution in [0.3, 0.4) is 0 Å². The molecule has 21 heavy (non-hydrogen) atoms. The van der Waals surface area contributed by atoms with Gasteiger partial charge < -0.3 is 15.2 Å². The molecule has 0 bridgehead atoms. The van der Waals surface area contributed by atoms with Crippen molar-refractivity contribution in [2.45, 2.75) is 45.6 Å². The Morgan fingerprint density at radius 2 is 1.71 bits per heavy atom. The van der Waals surface area contributed by atoms with Crippen LogP contribution in [0.15, 0.2) is 0 Å². The minimum Gasteiger partial charge on any atom is -0.481 e. The predicted octanol–water partition coefficient (Wildman–Crippen LogP) is 0.510. The molecule has 1 aliphatic rings. The molecule has 3 N–H and O–H groups in total. The Bertz CT molecular complexity index is 398. The Balaban J connectivity index is 0.000000423. The number of hydrogen-bond donors (Lipinski definition) is 3. The van der Waals surface area contributed by atoms with Gasteiger partial charge in [0.15, 0.2) is 0 Å². The Morgan fingerprint density at radius 1 is 1.24 bits per heavy atom.